The molecule has 0 saturated carbocycles. The first-order chi connectivity index (χ1) is 10.7. The third-order valence-electron chi connectivity index (χ3n) is 3.56. The number of fused-ring (bicyclic) bond motifs is 1. The van der Waals surface area contributed by atoms with Gasteiger partial charge in [-0.2, -0.15) is 5.26 Å². The molecule has 0 atom stereocenters. The molecule has 0 aliphatic heterocycles. The van der Waals surface area contributed by atoms with Crippen LogP contribution < -0.4 is 0 Å². The maximum absolute atomic E-state index is 9.46. The van der Waals surface area contributed by atoms with E-state index in [0.29, 0.717) is 11.5 Å². The lowest BCUT2D eigenvalue weighted by Gasteiger charge is -2.04. The highest BCUT2D eigenvalue weighted by molar-refractivity contribution is 7.19. The van der Waals surface area contributed by atoms with E-state index in [0.717, 1.165) is 20.8 Å². The van der Waals surface area contributed by atoms with E-state index in [1.54, 1.807) is 11.3 Å². The second-order valence-electron chi connectivity index (χ2n) is 5.48. The summed E-state index contributed by atoms with van der Waals surface area (Å²) in [6.45, 7) is 4.35. The fraction of sp³-hybridized carbons (Fsp3) is 0.158. The first-order valence-corrected chi connectivity index (χ1v) is 8.07. The molecule has 3 heteroatoms. The quantitative estimate of drug-likeness (QED) is 0.600. The van der Waals surface area contributed by atoms with Crippen molar-refractivity contribution in [2.75, 3.05) is 0 Å². The van der Waals surface area contributed by atoms with E-state index in [1.165, 1.54) is 5.56 Å². The van der Waals surface area contributed by atoms with Crippen LogP contribution in [0.2, 0.25) is 0 Å². The Bertz CT molecular complexity index is 831. The number of nitriles is 1. The van der Waals surface area contributed by atoms with Gasteiger partial charge in [0.25, 0.3) is 0 Å². The molecule has 0 fully saturated rings. The number of allylic oxidation sites excluding steroid dienone is 1. The minimum atomic E-state index is 0.512. The van der Waals surface area contributed by atoms with Gasteiger partial charge in [-0.3, -0.25) is 0 Å². The molecular weight excluding hydrogens is 288 g/mol. The molecule has 0 amide bonds. The number of para-hydroxylation sites is 1. The molecule has 3 aromatic rings. The molecular formula is C19H16N2S. The smallest absolute Gasteiger partial charge is 0.135 e. The Labute approximate surface area is 134 Å². The van der Waals surface area contributed by atoms with Crippen LogP contribution in [0.1, 0.15) is 35.9 Å². The zero-order chi connectivity index (χ0) is 15.5. The van der Waals surface area contributed by atoms with Crippen molar-refractivity contribution in [3.05, 3.63) is 64.7 Å². The van der Waals surface area contributed by atoms with Crippen molar-refractivity contribution in [1.82, 2.24) is 4.98 Å². The van der Waals surface area contributed by atoms with Crippen molar-refractivity contribution in [3.8, 4) is 6.07 Å². The number of hydrogen-bond donors (Lipinski definition) is 0. The summed E-state index contributed by atoms with van der Waals surface area (Å²) in [6.07, 6.45) is 1.90. The molecule has 0 spiro atoms. The molecule has 0 aliphatic carbocycles. The van der Waals surface area contributed by atoms with Crippen molar-refractivity contribution in [2.45, 2.75) is 19.8 Å². The molecule has 22 heavy (non-hydrogen) atoms. The van der Waals surface area contributed by atoms with Crippen LogP contribution in [0.15, 0.2) is 48.5 Å². The average Bonchev–Trinajstić information content (AvgIpc) is 2.96. The predicted molar refractivity (Wildman–Crippen MR) is 93.6 cm³/mol. The lowest BCUT2D eigenvalue weighted by molar-refractivity contribution is 0.866. The van der Waals surface area contributed by atoms with E-state index in [2.05, 4.69) is 49.2 Å². The van der Waals surface area contributed by atoms with Gasteiger partial charge in [0.15, 0.2) is 0 Å². The van der Waals surface area contributed by atoms with Crippen LogP contribution in [0.25, 0.3) is 21.9 Å². The van der Waals surface area contributed by atoms with E-state index >= 15 is 0 Å². The van der Waals surface area contributed by atoms with E-state index in [9.17, 15) is 5.26 Å². The zero-order valence-corrected chi connectivity index (χ0v) is 13.4. The maximum Gasteiger partial charge on any atom is 0.135 e. The van der Waals surface area contributed by atoms with Crippen LogP contribution in [0.3, 0.4) is 0 Å². The fourth-order valence-corrected chi connectivity index (χ4v) is 3.20. The van der Waals surface area contributed by atoms with E-state index in [4.69, 9.17) is 0 Å². The van der Waals surface area contributed by atoms with Gasteiger partial charge in [-0.05, 0) is 35.3 Å². The lowest BCUT2D eigenvalue weighted by Crippen LogP contribution is -1.86. The van der Waals surface area contributed by atoms with Crippen molar-refractivity contribution >= 4 is 33.2 Å². The Kier molecular flexibility index (Phi) is 4.04. The van der Waals surface area contributed by atoms with Crippen molar-refractivity contribution in [2.24, 2.45) is 0 Å². The average molecular weight is 304 g/mol. The minimum absolute atomic E-state index is 0.512. The van der Waals surface area contributed by atoms with Crippen molar-refractivity contribution in [3.63, 3.8) is 0 Å². The normalized spacial score (nSPS) is 11.8. The summed E-state index contributed by atoms with van der Waals surface area (Å²) in [5.41, 5.74) is 3.88. The molecule has 0 N–H and O–H groups in total. The van der Waals surface area contributed by atoms with Gasteiger partial charge in [-0.15, -0.1) is 11.3 Å². The molecule has 0 bridgehead atoms. The number of aromatic nitrogens is 1. The number of nitrogens with zero attached hydrogens (tertiary/aromatic N) is 2. The zero-order valence-electron chi connectivity index (χ0n) is 12.6. The number of rotatable bonds is 3. The van der Waals surface area contributed by atoms with E-state index in [-0.39, 0.29) is 0 Å². The second kappa shape index (κ2) is 6.13. The van der Waals surface area contributed by atoms with Crippen LogP contribution >= 0.6 is 11.3 Å². The fourth-order valence-electron chi connectivity index (χ4n) is 2.27. The van der Waals surface area contributed by atoms with Gasteiger partial charge in [0.2, 0.25) is 0 Å². The predicted octanol–water partition coefficient (Wildman–Crippen LogP) is 5.48. The standard InChI is InChI=1S/C19H16N2S/c1-13(2)15-9-7-14(8-10-15)11-16(12-20)19-21-17-5-3-4-6-18(17)22-19/h3-11,13H,1-2H3/b16-11+. The highest BCUT2D eigenvalue weighted by atomic mass is 32.1. The summed E-state index contributed by atoms with van der Waals surface area (Å²) in [7, 11) is 0. The van der Waals surface area contributed by atoms with Gasteiger partial charge < -0.3 is 0 Å². The summed E-state index contributed by atoms with van der Waals surface area (Å²) < 4.78 is 1.11. The molecule has 1 heterocycles. The Hall–Kier alpha value is -2.44. The number of benzene rings is 2. The Morgan fingerprint density at radius 2 is 1.86 bits per heavy atom. The summed E-state index contributed by atoms with van der Waals surface area (Å²) >= 11 is 1.56. The molecule has 3 rings (SSSR count). The monoisotopic (exact) mass is 304 g/mol. The summed E-state index contributed by atoms with van der Waals surface area (Å²) in [5.74, 6) is 0.512. The molecule has 108 valence electrons. The molecule has 2 aromatic carbocycles. The van der Waals surface area contributed by atoms with E-state index < -0.39 is 0 Å². The third kappa shape index (κ3) is 2.93. The third-order valence-corrected chi connectivity index (χ3v) is 4.63. The van der Waals surface area contributed by atoms with Gasteiger partial charge in [0.1, 0.15) is 11.1 Å². The lowest BCUT2D eigenvalue weighted by atomic mass is 10.0. The summed E-state index contributed by atoms with van der Waals surface area (Å²) in [6, 6.07) is 18.6. The molecule has 2 nitrogen and oxygen atoms in total. The van der Waals surface area contributed by atoms with Gasteiger partial charge >= 0.3 is 0 Å². The first kappa shape index (κ1) is 14.5. The topological polar surface area (TPSA) is 36.7 Å². The molecule has 0 radical (unpaired) electrons. The van der Waals surface area contributed by atoms with Crippen molar-refractivity contribution < 1.29 is 0 Å². The van der Waals surface area contributed by atoms with Gasteiger partial charge in [-0.25, -0.2) is 4.98 Å². The van der Waals surface area contributed by atoms with Crippen LogP contribution in [0.4, 0.5) is 0 Å². The summed E-state index contributed by atoms with van der Waals surface area (Å²) in [5, 5.41) is 10.2. The Morgan fingerprint density at radius 1 is 1.14 bits per heavy atom. The van der Waals surface area contributed by atoms with Crippen LogP contribution in [-0.4, -0.2) is 4.98 Å². The molecule has 0 unspecified atom stereocenters. The minimum Gasteiger partial charge on any atom is -0.235 e. The Balaban J connectivity index is 1.97. The molecule has 1 aromatic heterocycles. The largest absolute Gasteiger partial charge is 0.235 e. The van der Waals surface area contributed by atoms with E-state index in [1.807, 2.05) is 30.3 Å². The highest BCUT2D eigenvalue weighted by Crippen LogP contribution is 2.28. The maximum atomic E-state index is 9.46. The SMILES string of the molecule is CC(C)c1ccc(/C=C(\C#N)c2nc3ccccc3s2)cc1. The van der Waals surface area contributed by atoms with Crippen LogP contribution in [0.5, 0.6) is 0 Å². The highest BCUT2D eigenvalue weighted by Gasteiger charge is 2.08. The number of hydrogen-bond acceptors (Lipinski definition) is 3. The molecule has 0 saturated heterocycles. The Morgan fingerprint density at radius 3 is 2.50 bits per heavy atom. The number of thiazole rings is 1. The van der Waals surface area contributed by atoms with Crippen LogP contribution in [0, 0.1) is 11.3 Å². The van der Waals surface area contributed by atoms with Gasteiger partial charge in [-0.1, -0.05) is 50.2 Å². The van der Waals surface area contributed by atoms with Crippen molar-refractivity contribution in [1.29, 1.82) is 5.26 Å². The van der Waals surface area contributed by atoms with Gasteiger partial charge in [0.05, 0.1) is 15.8 Å². The molecule has 0 aliphatic rings. The first-order valence-electron chi connectivity index (χ1n) is 7.25. The van der Waals surface area contributed by atoms with Gasteiger partial charge in [0, 0.05) is 0 Å². The van der Waals surface area contributed by atoms with Crippen LogP contribution in [-0.2, 0) is 0 Å². The second-order valence-corrected chi connectivity index (χ2v) is 6.51. The summed E-state index contributed by atoms with van der Waals surface area (Å²) in [4.78, 5) is 4.55.